The second-order valence-electron chi connectivity index (χ2n) is 5.98. The largest absolute Gasteiger partial charge is 0.481 e. The second-order valence-corrected chi connectivity index (χ2v) is 5.98. The van der Waals surface area contributed by atoms with Crippen LogP contribution in [0.3, 0.4) is 0 Å². The van der Waals surface area contributed by atoms with Gasteiger partial charge in [0.15, 0.2) is 6.10 Å². The summed E-state index contributed by atoms with van der Waals surface area (Å²) in [6.45, 7) is 3.47. The van der Waals surface area contributed by atoms with E-state index < -0.39 is 6.10 Å². The minimum Gasteiger partial charge on any atom is -0.481 e. The maximum Gasteiger partial charge on any atom is 0.263 e. The Labute approximate surface area is 119 Å². The smallest absolute Gasteiger partial charge is 0.263 e. The van der Waals surface area contributed by atoms with Gasteiger partial charge in [-0.15, -0.1) is 0 Å². The third-order valence-electron chi connectivity index (χ3n) is 4.63. The van der Waals surface area contributed by atoms with Crippen LogP contribution < -0.4 is 10.5 Å². The van der Waals surface area contributed by atoms with Crippen molar-refractivity contribution in [3.63, 3.8) is 0 Å². The zero-order valence-electron chi connectivity index (χ0n) is 11.9. The van der Waals surface area contributed by atoms with Gasteiger partial charge in [0.1, 0.15) is 5.75 Å². The van der Waals surface area contributed by atoms with Crippen LogP contribution in [0.5, 0.6) is 5.75 Å². The lowest BCUT2D eigenvalue weighted by atomic mass is 9.98. The van der Waals surface area contributed by atoms with Gasteiger partial charge >= 0.3 is 0 Å². The number of hydrogen-bond acceptors (Lipinski definition) is 3. The van der Waals surface area contributed by atoms with Crippen molar-refractivity contribution in [2.45, 2.75) is 31.9 Å². The lowest BCUT2D eigenvalue weighted by Gasteiger charge is -2.23. The van der Waals surface area contributed by atoms with Crippen molar-refractivity contribution in [2.75, 3.05) is 13.1 Å². The Balaban J connectivity index is 1.59. The Kier molecular flexibility index (Phi) is 3.66. The van der Waals surface area contributed by atoms with Crippen LogP contribution in [-0.2, 0) is 4.79 Å². The summed E-state index contributed by atoms with van der Waals surface area (Å²) in [6.07, 6.45) is 1.82. The van der Waals surface area contributed by atoms with Crippen LogP contribution >= 0.6 is 0 Å². The molecule has 1 heterocycles. The number of nitrogens with zero attached hydrogens (tertiary/aromatic N) is 1. The summed E-state index contributed by atoms with van der Waals surface area (Å²) in [5.74, 6) is 1.90. The summed E-state index contributed by atoms with van der Waals surface area (Å²) in [6, 6.07) is 9.76. The van der Waals surface area contributed by atoms with Gasteiger partial charge in [-0.3, -0.25) is 4.79 Å². The molecule has 4 unspecified atom stereocenters. The molecule has 2 N–H and O–H groups in total. The first kappa shape index (κ1) is 13.4. The minimum absolute atomic E-state index is 0.0791. The summed E-state index contributed by atoms with van der Waals surface area (Å²) in [5, 5.41) is 0. The van der Waals surface area contributed by atoms with E-state index in [0.29, 0.717) is 11.8 Å². The van der Waals surface area contributed by atoms with Gasteiger partial charge in [0.25, 0.3) is 5.91 Å². The molecule has 0 spiro atoms. The molecule has 0 radical (unpaired) electrons. The van der Waals surface area contributed by atoms with Crippen molar-refractivity contribution in [1.82, 2.24) is 4.90 Å². The molecule has 2 aliphatic rings. The molecule has 4 heteroatoms. The fourth-order valence-electron chi connectivity index (χ4n) is 3.50. The summed E-state index contributed by atoms with van der Waals surface area (Å²) < 4.78 is 5.72. The van der Waals surface area contributed by atoms with E-state index in [1.807, 2.05) is 42.2 Å². The van der Waals surface area contributed by atoms with Gasteiger partial charge in [0.05, 0.1) is 0 Å². The van der Waals surface area contributed by atoms with Crippen molar-refractivity contribution < 1.29 is 9.53 Å². The van der Waals surface area contributed by atoms with Gasteiger partial charge in [0, 0.05) is 19.1 Å². The first-order chi connectivity index (χ1) is 9.65. The van der Waals surface area contributed by atoms with E-state index in [0.717, 1.165) is 31.7 Å². The lowest BCUT2D eigenvalue weighted by Crippen LogP contribution is -2.40. The molecule has 2 fully saturated rings. The number of ether oxygens (including phenoxy) is 1. The number of nitrogens with two attached hydrogens (primary N) is 1. The van der Waals surface area contributed by atoms with Crippen LogP contribution in [-0.4, -0.2) is 36.0 Å². The average molecular weight is 274 g/mol. The van der Waals surface area contributed by atoms with Gasteiger partial charge < -0.3 is 15.4 Å². The number of hydrogen-bond donors (Lipinski definition) is 1. The normalized spacial score (nSPS) is 30.1. The zero-order valence-corrected chi connectivity index (χ0v) is 11.9. The van der Waals surface area contributed by atoms with E-state index >= 15 is 0 Å². The molecule has 108 valence electrons. The van der Waals surface area contributed by atoms with E-state index in [9.17, 15) is 4.79 Å². The molecule has 0 bridgehead atoms. The molecular formula is C16H22N2O2. The molecule has 1 aromatic carbocycles. The first-order valence-electron chi connectivity index (χ1n) is 7.41. The predicted molar refractivity (Wildman–Crippen MR) is 77.3 cm³/mol. The maximum absolute atomic E-state index is 12.4. The van der Waals surface area contributed by atoms with Gasteiger partial charge in [-0.1, -0.05) is 18.2 Å². The van der Waals surface area contributed by atoms with Crippen LogP contribution in [0.15, 0.2) is 30.3 Å². The summed E-state index contributed by atoms with van der Waals surface area (Å²) in [4.78, 5) is 14.4. The number of carbonyl (C=O) groups excluding carboxylic acids is 1. The van der Waals surface area contributed by atoms with E-state index in [2.05, 4.69) is 0 Å². The number of carbonyl (C=O) groups is 1. The molecule has 20 heavy (non-hydrogen) atoms. The third-order valence-corrected chi connectivity index (χ3v) is 4.63. The van der Waals surface area contributed by atoms with E-state index in [4.69, 9.17) is 10.5 Å². The Morgan fingerprint density at radius 1 is 1.30 bits per heavy atom. The Bertz CT molecular complexity index is 477. The van der Waals surface area contributed by atoms with E-state index in [1.165, 1.54) is 0 Å². The number of amides is 1. The summed E-state index contributed by atoms with van der Waals surface area (Å²) in [5.41, 5.74) is 6.11. The number of benzene rings is 1. The SMILES string of the molecule is CC(Oc1ccccc1)C(=O)N1CC2CCC(N)C2C1. The Morgan fingerprint density at radius 2 is 2.05 bits per heavy atom. The molecule has 4 nitrogen and oxygen atoms in total. The van der Waals surface area contributed by atoms with Crippen molar-refractivity contribution in [1.29, 1.82) is 0 Å². The third kappa shape index (κ3) is 2.52. The molecule has 1 saturated heterocycles. The van der Waals surface area contributed by atoms with E-state index in [-0.39, 0.29) is 11.9 Å². The van der Waals surface area contributed by atoms with Gasteiger partial charge in [-0.05, 0) is 43.7 Å². The monoisotopic (exact) mass is 274 g/mol. The van der Waals surface area contributed by atoms with Crippen molar-refractivity contribution in [3.05, 3.63) is 30.3 Å². The standard InChI is InChI=1S/C16H22N2O2/c1-11(20-13-5-3-2-4-6-13)16(19)18-9-12-7-8-15(17)14(12)10-18/h2-6,11-12,14-15H,7-10,17H2,1H3. The molecule has 1 aliphatic carbocycles. The van der Waals surface area contributed by atoms with Crippen LogP contribution in [0, 0.1) is 11.8 Å². The highest BCUT2D eigenvalue weighted by molar-refractivity contribution is 5.81. The first-order valence-corrected chi connectivity index (χ1v) is 7.41. The van der Waals surface area contributed by atoms with Crippen LogP contribution in [0.2, 0.25) is 0 Å². The average Bonchev–Trinajstić information content (AvgIpc) is 3.02. The highest BCUT2D eigenvalue weighted by Crippen LogP contribution is 2.37. The van der Waals surface area contributed by atoms with Crippen LogP contribution in [0.1, 0.15) is 19.8 Å². The quantitative estimate of drug-likeness (QED) is 0.912. The van der Waals surface area contributed by atoms with Gasteiger partial charge in [0.2, 0.25) is 0 Å². The maximum atomic E-state index is 12.4. The molecular weight excluding hydrogens is 252 g/mol. The molecule has 1 amide bonds. The topological polar surface area (TPSA) is 55.6 Å². The fraction of sp³-hybridized carbons (Fsp3) is 0.562. The highest BCUT2D eigenvalue weighted by atomic mass is 16.5. The second kappa shape index (κ2) is 5.44. The number of rotatable bonds is 3. The number of likely N-dealkylation sites (tertiary alicyclic amines) is 1. The summed E-state index contributed by atoms with van der Waals surface area (Å²) in [7, 11) is 0. The fourth-order valence-corrected chi connectivity index (χ4v) is 3.50. The predicted octanol–water partition coefficient (Wildman–Crippen LogP) is 1.65. The zero-order chi connectivity index (χ0) is 14.1. The van der Waals surface area contributed by atoms with Crippen LogP contribution in [0.4, 0.5) is 0 Å². The summed E-state index contributed by atoms with van der Waals surface area (Å²) >= 11 is 0. The number of para-hydroxylation sites is 1. The molecule has 4 atom stereocenters. The van der Waals surface area contributed by atoms with E-state index in [1.54, 1.807) is 0 Å². The highest BCUT2D eigenvalue weighted by Gasteiger charge is 2.43. The lowest BCUT2D eigenvalue weighted by molar-refractivity contribution is -0.137. The van der Waals surface area contributed by atoms with Crippen molar-refractivity contribution in [3.8, 4) is 5.75 Å². The Hall–Kier alpha value is -1.55. The molecule has 1 aliphatic heterocycles. The number of fused-ring (bicyclic) bond motifs is 1. The Morgan fingerprint density at radius 3 is 2.75 bits per heavy atom. The molecule has 3 rings (SSSR count). The molecule has 1 saturated carbocycles. The molecule has 1 aromatic rings. The minimum atomic E-state index is -0.438. The van der Waals surface area contributed by atoms with Gasteiger partial charge in [-0.25, -0.2) is 0 Å². The van der Waals surface area contributed by atoms with Gasteiger partial charge in [-0.2, -0.15) is 0 Å². The van der Waals surface area contributed by atoms with Crippen molar-refractivity contribution >= 4 is 5.91 Å². The van der Waals surface area contributed by atoms with Crippen LogP contribution in [0.25, 0.3) is 0 Å². The molecule has 0 aromatic heterocycles. The van der Waals surface area contributed by atoms with Crippen molar-refractivity contribution in [2.24, 2.45) is 17.6 Å².